The Morgan fingerprint density at radius 1 is 0.929 bits per heavy atom. The van der Waals surface area contributed by atoms with Crippen molar-refractivity contribution < 1.29 is 27.6 Å². The van der Waals surface area contributed by atoms with E-state index in [9.17, 15) is 28.1 Å². The first-order valence-electron chi connectivity index (χ1n) is 13.1. The first-order chi connectivity index (χ1) is 19.8. The Morgan fingerprint density at radius 3 is 1.88 bits per heavy atom. The lowest BCUT2D eigenvalue weighted by Gasteiger charge is -2.23. The van der Waals surface area contributed by atoms with Crippen LogP contribution in [0.5, 0.6) is 0 Å². The van der Waals surface area contributed by atoms with Gasteiger partial charge in [0.25, 0.3) is 0 Å². The van der Waals surface area contributed by atoms with Gasteiger partial charge >= 0.3 is 17.8 Å². The molecule has 0 bridgehead atoms. The monoisotopic (exact) mass is 578 g/mol. The van der Waals surface area contributed by atoms with Crippen molar-refractivity contribution in [2.75, 3.05) is 0 Å². The average molecular weight is 579 g/mol. The molecule has 0 unspecified atom stereocenters. The molecule has 0 saturated heterocycles. The van der Waals surface area contributed by atoms with Crippen molar-refractivity contribution in [2.24, 2.45) is 4.99 Å². The van der Waals surface area contributed by atoms with Crippen molar-refractivity contribution in [3.63, 3.8) is 0 Å². The van der Waals surface area contributed by atoms with Gasteiger partial charge in [-0.1, -0.05) is 91.0 Å². The molecule has 42 heavy (non-hydrogen) atoms. The Bertz CT molecular complexity index is 1520. The Labute approximate surface area is 240 Å². The van der Waals surface area contributed by atoms with Gasteiger partial charge in [0.1, 0.15) is 11.3 Å². The van der Waals surface area contributed by atoms with Gasteiger partial charge in [-0.15, -0.1) is 0 Å². The predicted octanol–water partition coefficient (Wildman–Crippen LogP) is 6.65. The number of rotatable bonds is 9. The zero-order chi connectivity index (χ0) is 30.5. The van der Waals surface area contributed by atoms with E-state index in [0.29, 0.717) is 22.4 Å². The second-order valence-electron chi connectivity index (χ2n) is 10.5. The highest BCUT2D eigenvalue weighted by atomic mass is 19.4. The number of carbonyl (C=O) groups excluding carboxylic acids is 1. The van der Waals surface area contributed by atoms with Crippen LogP contribution in [0.15, 0.2) is 96.0 Å². The molecule has 0 saturated carbocycles. The SMILES string of the molecule is CC(C)(C)OC(=O)[C@H](Cc1c([N+](=O)[O-])c(C(F)(F)F)nn1Cc1ccccc1)N=C(c1ccccc1)c1ccccc1. The number of halogens is 3. The van der Waals surface area contributed by atoms with Gasteiger partial charge in [0, 0.05) is 17.5 Å². The third-order valence-electron chi connectivity index (χ3n) is 6.10. The highest BCUT2D eigenvalue weighted by Crippen LogP contribution is 2.38. The zero-order valence-electron chi connectivity index (χ0n) is 23.2. The highest BCUT2D eigenvalue weighted by molar-refractivity contribution is 6.13. The Hall–Kier alpha value is -4.80. The molecule has 0 fully saturated rings. The standard InChI is InChI=1S/C31H29F3N4O4/c1-30(2,3)42-29(39)24(35-26(22-15-9-5-10-16-22)23-17-11-6-12-18-23)19-25-27(38(40)41)28(31(32,33)34)36-37(25)20-21-13-7-4-8-14-21/h4-18,24H,19-20H2,1-3H3/t24-/m0/s1. The van der Waals surface area contributed by atoms with Crippen molar-refractivity contribution in [1.82, 2.24) is 9.78 Å². The van der Waals surface area contributed by atoms with Gasteiger partial charge < -0.3 is 4.74 Å². The van der Waals surface area contributed by atoms with E-state index >= 15 is 0 Å². The summed E-state index contributed by atoms with van der Waals surface area (Å²) in [4.78, 5) is 29.3. The second-order valence-corrected chi connectivity index (χ2v) is 10.5. The third-order valence-corrected chi connectivity index (χ3v) is 6.10. The van der Waals surface area contributed by atoms with Crippen molar-refractivity contribution in [2.45, 2.75) is 51.6 Å². The van der Waals surface area contributed by atoms with Crippen molar-refractivity contribution in [1.29, 1.82) is 0 Å². The van der Waals surface area contributed by atoms with Gasteiger partial charge in [0.15, 0.2) is 6.04 Å². The normalized spacial score (nSPS) is 12.4. The third kappa shape index (κ3) is 7.48. The van der Waals surface area contributed by atoms with Crippen molar-refractivity contribution >= 4 is 17.4 Å². The summed E-state index contributed by atoms with van der Waals surface area (Å²) in [5, 5.41) is 15.7. The fourth-order valence-electron chi connectivity index (χ4n) is 4.36. The number of esters is 1. The van der Waals surface area contributed by atoms with E-state index < -0.39 is 52.2 Å². The minimum Gasteiger partial charge on any atom is -0.458 e. The smallest absolute Gasteiger partial charge is 0.442 e. The molecular formula is C31H29F3N4O4. The topological polar surface area (TPSA) is 99.6 Å². The first kappa shape index (κ1) is 30.2. The molecule has 8 nitrogen and oxygen atoms in total. The quantitative estimate of drug-likeness (QED) is 0.0959. The lowest BCUT2D eigenvalue weighted by molar-refractivity contribution is -0.388. The molecule has 1 aromatic heterocycles. The van der Waals surface area contributed by atoms with E-state index in [4.69, 9.17) is 9.73 Å². The number of aromatic nitrogens is 2. The molecule has 0 spiro atoms. The fourth-order valence-corrected chi connectivity index (χ4v) is 4.36. The summed E-state index contributed by atoms with van der Waals surface area (Å²) in [7, 11) is 0. The maximum absolute atomic E-state index is 14.0. The molecule has 0 N–H and O–H groups in total. The lowest BCUT2D eigenvalue weighted by Crippen LogP contribution is -2.33. The Morgan fingerprint density at radius 2 is 1.43 bits per heavy atom. The molecule has 0 amide bonds. The summed E-state index contributed by atoms with van der Waals surface area (Å²) in [5.41, 5.74) is -1.99. The van der Waals surface area contributed by atoms with Crippen LogP contribution in [0.25, 0.3) is 0 Å². The maximum atomic E-state index is 14.0. The summed E-state index contributed by atoms with van der Waals surface area (Å²) in [6, 6.07) is 24.9. The predicted molar refractivity (Wildman–Crippen MR) is 151 cm³/mol. The molecule has 1 heterocycles. The van der Waals surface area contributed by atoms with Crippen LogP contribution in [0.4, 0.5) is 18.9 Å². The summed E-state index contributed by atoms with van der Waals surface area (Å²) < 4.78 is 48.6. The van der Waals surface area contributed by atoms with Crippen LogP contribution in [-0.4, -0.2) is 38.0 Å². The van der Waals surface area contributed by atoms with Crippen LogP contribution in [0.1, 0.15) is 48.8 Å². The Balaban J connectivity index is 1.93. The summed E-state index contributed by atoms with van der Waals surface area (Å²) in [6.07, 6.45) is -5.67. The highest BCUT2D eigenvalue weighted by Gasteiger charge is 2.46. The van der Waals surface area contributed by atoms with Gasteiger partial charge in [-0.3, -0.25) is 19.8 Å². The van der Waals surface area contributed by atoms with E-state index in [2.05, 4.69) is 5.10 Å². The number of nitro groups is 1. The van der Waals surface area contributed by atoms with Crippen LogP contribution in [0.3, 0.4) is 0 Å². The largest absolute Gasteiger partial charge is 0.458 e. The summed E-state index contributed by atoms with van der Waals surface area (Å²) >= 11 is 0. The number of hydrogen-bond donors (Lipinski definition) is 0. The van der Waals surface area contributed by atoms with Crippen LogP contribution in [0.2, 0.25) is 0 Å². The molecule has 0 aliphatic heterocycles. The van der Waals surface area contributed by atoms with Gasteiger partial charge in [-0.25, -0.2) is 4.79 Å². The lowest BCUT2D eigenvalue weighted by atomic mass is 10.0. The van der Waals surface area contributed by atoms with E-state index in [1.54, 1.807) is 99.6 Å². The van der Waals surface area contributed by atoms with Crippen LogP contribution < -0.4 is 0 Å². The molecule has 0 aliphatic rings. The Kier molecular flexibility index (Phi) is 8.89. The van der Waals surface area contributed by atoms with Crippen LogP contribution >= 0.6 is 0 Å². The van der Waals surface area contributed by atoms with E-state index in [-0.39, 0.29) is 6.54 Å². The summed E-state index contributed by atoms with van der Waals surface area (Å²) in [6.45, 7) is 4.74. The number of hydrogen-bond acceptors (Lipinski definition) is 6. The maximum Gasteiger partial charge on any atom is 0.442 e. The minimum absolute atomic E-state index is 0.192. The van der Waals surface area contributed by atoms with E-state index in [1.165, 1.54) is 0 Å². The first-order valence-corrected chi connectivity index (χ1v) is 13.1. The van der Waals surface area contributed by atoms with Crippen LogP contribution in [-0.2, 0) is 28.7 Å². The molecule has 0 radical (unpaired) electrons. The fraction of sp³-hybridized carbons (Fsp3) is 0.258. The average Bonchev–Trinajstić information content (AvgIpc) is 3.30. The number of aliphatic imine (C=N–C) groups is 1. The van der Waals surface area contributed by atoms with Gasteiger partial charge in [0.05, 0.1) is 17.2 Å². The molecule has 218 valence electrons. The number of ether oxygens (including phenoxy) is 1. The van der Waals surface area contributed by atoms with E-state index in [1.807, 2.05) is 12.1 Å². The summed E-state index contributed by atoms with van der Waals surface area (Å²) in [5.74, 6) is -0.845. The minimum atomic E-state index is -5.11. The van der Waals surface area contributed by atoms with Gasteiger partial charge in [0.2, 0.25) is 5.69 Å². The molecule has 3 aromatic carbocycles. The molecule has 4 aromatic rings. The van der Waals surface area contributed by atoms with Crippen molar-refractivity contribution in [3.05, 3.63) is 129 Å². The van der Waals surface area contributed by atoms with Gasteiger partial charge in [-0.05, 0) is 26.3 Å². The molecule has 0 aliphatic carbocycles. The van der Waals surface area contributed by atoms with E-state index in [0.717, 1.165) is 4.68 Å². The molecule has 4 rings (SSSR count). The molecule has 11 heteroatoms. The number of alkyl halides is 3. The zero-order valence-corrected chi connectivity index (χ0v) is 23.2. The number of carbonyl (C=O) groups is 1. The van der Waals surface area contributed by atoms with Crippen molar-refractivity contribution in [3.8, 4) is 0 Å². The van der Waals surface area contributed by atoms with Gasteiger partial charge in [-0.2, -0.15) is 18.3 Å². The second kappa shape index (κ2) is 12.4. The number of benzene rings is 3. The number of nitrogens with zero attached hydrogens (tertiary/aromatic N) is 4. The molecular weight excluding hydrogens is 549 g/mol. The molecule has 1 atom stereocenters. The van der Waals surface area contributed by atoms with Crippen LogP contribution in [0, 0.1) is 10.1 Å².